The highest BCUT2D eigenvalue weighted by Crippen LogP contribution is 2.57. The van der Waals surface area contributed by atoms with Gasteiger partial charge < -0.3 is 20.1 Å². The smallest absolute Gasteiger partial charge is 0.335 e. The van der Waals surface area contributed by atoms with E-state index in [1.54, 1.807) is 6.07 Å². The Kier molecular flexibility index (Phi) is 5.01. The topological polar surface area (TPSA) is 141 Å². The third kappa shape index (κ3) is 3.35. The van der Waals surface area contributed by atoms with Crippen LogP contribution in [0.2, 0.25) is 10.0 Å². The van der Waals surface area contributed by atoms with Crippen molar-refractivity contribution >= 4 is 39.3 Å². The number of benzene rings is 3. The molecular weight excluding hydrogens is 471 g/mol. The molecule has 0 saturated heterocycles. The van der Waals surface area contributed by atoms with Crippen molar-refractivity contribution in [3.05, 3.63) is 74.8 Å². The van der Waals surface area contributed by atoms with Crippen LogP contribution in [0.1, 0.15) is 33.0 Å². The van der Waals surface area contributed by atoms with Gasteiger partial charge in [-0.15, -0.1) is 0 Å². The number of carboxylic acid groups (broad SMARTS) is 1. The number of carbonyl (C=O) groups is 1. The minimum absolute atomic E-state index is 0.0441. The van der Waals surface area contributed by atoms with Crippen LogP contribution in [0.5, 0.6) is 23.0 Å². The van der Waals surface area contributed by atoms with Crippen molar-refractivity contribution in [2.24, 2.45) is 0 Å². The Balaban J connectivity index is 2.21. The van der Waals surface area contributed by atoms with Gasteiger partial charge in [-0.2, -0.15) is 8.42 Å². The van der Waals surface area contributed by atoms with Crippen LogP contribution in [0.15, 0.2) is 47.4 Å². The van der Waals surface area contributed by atoms with Crippen LogP contribution in [0.25, 0.3) is 0 Å². The largest absolute Gasteiger partial charge is 0.508 e. The third-order valence-electron chi connectivity index (χ3n) is 4.87. The highest BCUT2D eigenvalue weighted by atomic mass is 35.5. The second-order valence-corrected chi connectivity index (χ2v) is 8.79. The van der Waals surface area contributed by atoms with Gasteiger partial charge in [0.15, 0.2) is 11.5 Å². The zero-order valence-corrected chi connectivity index (χ0v) is 17.5. The van der Waals surface area contributed by atoms with Gasteiger partial charge in [-0.25, -0.2) is 4.79 Å². The number of aromatic hydroxyl groups is 2. The van der Waals surface area contributed by atoms with E-state index in [1.165, 1.54) is 36.4 Å². The van der Waals surface area contributed by atoms with E-state index in [2.05, 4.69) is 0 Å². The molecule has 3 aromatic rings. The van der Waals surface area contributed by atoms with Crippen molar-refractivity contribution in [1.82, 2.24) is 0 Å². The normalized spacial score (nSPS) is 15.0. The minimum Gasteiger partial charge on any atom is -0.508 e. The molecule has 1 heterocycles. The summed E-state index contributed by atoms with van der Waals surface area (Å²) in [7, 11) is -5.03. The first-order valence-electron chi connectivity index (χ1n) is 8.56. The Labute approximate surface area is 185 Å². The summed E-state index contributed by atoms with van der Waals surface area (Å²) in [5.41, 5.74) is 0.0270. The molecule has 1 unspecified atom stereocenters. The quantitative estimate of drug-likeness (QED) is 0.309. The predicted molar refractivity (Wildman–Crippen MR) is 110 cm³/mol. The van der Waals surface area contributed by atoms with E-state index >= 15 is 0 Å². The van der Waals surface area contributed by atoms with Gasteiger partial charge >= 0.3 is 5.97 Å². The van der Waals surface area contributed by atoms with Crippen molar-refractivity contribution in [3.8, 4) is 23.0 Å². The van der Waals surface area contributed by atoms with Gasteiger partial charge in [0, 0.05) is 23.1 Å². The van der Waals surface area contributed by atoms with E-state index in [0.717, 1.165) is 0 Å². The summed E-state index contributed by atoms with van der Waals surface area (Å²) in [6.07, 6.45) is 0. The maximum atomic E-state index is 12.3. The summed E-state index contributed by atoms with van der Waals surface area (Å²) in [5, 5.41) is 28.6. The molecule has 4 rings (SSSR count). The fourth-order valence-electron chi connectivity index (χ4n) is 3.65. The van der Waals surface area contributed by atoms with E-state index in [-0.39, 0.29) is 39.5 Å². The standard InChI is InChI=1S/C20H12Cl2O8S/c21-15-17(24)16(22)19(31(27,28)29)14-13(9-3-1-2-4-10(9)20(25)26)11-6-5-8(23)7-12(11)30-18(14)15/h1-7,13,23-24H,(H,25,26)(H,27,28,29). The third-order valence-corrected chi connectivity index (χ3v) is 6.64. The molecule has 1 aliphatic rings. The Bertz CT molecular complexity index is 1370. The fourth-order valence-corrected chi connectivity index (χ4v) is 5.23. The van der Waals surface area contributed by atoms with Crippen molar-refractivity contribution in [2.45, 2.75) is 10.8 Å². The molecule has 1 aliphatic heterocycles. The predicted octanol–water partition coefficient (Wildman–Crippen LogP) is 4.64. The van der Waals surface area contributed by atoms with E-state index < -0.39 is 42.7 Å². The number of halogens is 2. The van der Waals surface area contributed by atoms with Gasteiger partial charge in [-0.05, 0) is 17.7 Å². The molecule has 8 nitrogen and oxygen atoms in total. The van der Waals surface area contributed by atoms with Gasteiger partial charge in [-0.3, -0.25) is 4.55 Å². The lowest BCUT2D eigenvalue weighted by Crippen LogP contribution is -2.19. The summed E-state index contributed by atoms with van der Waals surface area (Å²) >= 11 is 12.2. The van der Waals surface area contributed by atoms with Gasteiger partial charge in [-0.1, -0.05) is 47.5 Å². The second-order valence-electron chi connectivity index (χ2n) is 6.67. The van der Waals surface area contributed by atoms with E-state index in [4.69, 9.17) is 27.9 Å². The highest BCUT2D eigenvalue weighted by molar-refractivity contribution is 7.86. The minimum atomic E-state index is -5.03. The van der Waals surface area contributed by atoms with Crippen LogP contribution < -0.4 is 4.74 Å². The molecule has 1 atom stereocenters. The second kappa shape index (κ2) is 7.31. The number of ether oxygens (including phenoxy) is 1. The van der Waals surface area contributed by atoms with Crippen LogP contribution in [-0.4, -0.2) is 34.3 Å². The number of hydrogen-bond acceptors (Lipinski definition) is 6. The SMILES string of the molecule is O=C(O)c1ccccc1C1c2ccc(O)cc2Oc2c(Cl)c(O)c(Cl)c(S(=O)(=O)O)c21. The monoisotopic (exact) mass is 482 g/mol. The summed E-state index contributed by atoms with van der Waals surface area (Å²) in [6, 6.07) is 9.77. The molecule has 0 saturated carbocycles. The van der Waals surface area contributed by atoms with Gasteiger partial charge in [0.25, 0.3) is 10.1 Å². The highest BCUT2D eigenvalue weighted by Gasteiger charge is 2.40. The average Bonchev–Trinajstić information content (AvgIpc) is 2.70. The molecule has 160 valence electrons. The number of hydrogen-bond donors (Lipinski definition) is 4. The Morgan fingerprint density at radius 3 is 2.32 bits per heavy atom. The lowest BCUT2D eigenvalue weighted by molar-refractivity contribution is 0.0695. The zero-order valence-electron chi connectivity index (χ0n) is 15.2. The first-order chi connectivity index (χ1) is 14.5. The molecule has 0 radical (unpaired) electrons. The van der Waals surface area contributed by atoms with E-state index in [1.807, 2.05) is 0 Å². The summed E-state index contributed by atoms with van der Waals surface area (Å²) in [6.45, 7) is 0. The Hall–Kier alpha value is -2.98. The van der Waals surface area contributed by atoms with Crippen molar-refractivity contribution in [2.75, 3.05) is 0 Å². The fraction of sp³-hybridized carbons (Fsp3) is 0.0500. The maximum absolute atomic E-state index is 12.3. The Morgan fingerprint density at radius 2 is 1.68 bits per heavy atom. The van der Waals surface area contributed by atoms with Crippen molar-refractivity contribution in [3.63, 3.8) is 0 Å². The summed E-state index contributed by atoms with van der Waals surface area (Å²) < 4.78 is 40.1. The Morgan fingerprint density at radius 1 is 1.00 bits per heavy atom. The number of phenolic OH excluding ortho intramolecular Hbond substituents is 2. The van der Waals surface area contributed by atoms with E-state index in [9.17, 15) is 33.1 Å². The number of rotatable bonds is 3. The molecule has 3 aromatic carbocycles. The van der Waals surface area contributed by atoms with Crippen LogP contribution in [0.4, 0.5) is 0 Å². The number of phenols is 2. The van der Waals surface area contributed by atoms with Crippen molar-refractivity contribution in [1.29, 1.82) is 0 Å². The van der Waals surface area contributed by atoms with E-state index in [0.29, 0.717) is 0 Å². The number of carboxylic acids is 1. The first kappa shape index (κ1) is 21.3. The number of aromatic carboxylic acids is 1. The lowest BCUT2D eigenvalue weighted by atomic mass is 9.80. The summed E-state index contributed by atoms with van der Waals surface area (Å²) in [5.74, 6) is -3.75. The van der Waals surface area contributed by atoms with Gasteiger partial charge in [0.05, 0.1) is 5.56 Å². The molecule has 0 bridgehead atoms. The molecule has 0 aliphatic carbocycles. The lowest BCUT2D eigenvalue weighted by Gasteiger charge is -2.32. The number of fused-ring (bicyclic) bond motifs is 2. The van der Waals surface area contributed by atoms with Crippen molar-refractivity contribution < 1.29 is 37.8 Å². The van der Waals surface area contributed by atoms with Crippen LogP contribution in [0, 0.1) is 0 Å². The molecule has 11 heteroatoms. The average molecular weight is 483 g/mol. The molecular formula is C20H12Cl2O8S. The molecule has 0 fully saturated rings. The molecule has 0 amide bonds. The molecule has 31 heavy (non-hydrogen) atoms. The van der Waals surface area contributed by atoms with Crippen LogP contribution >= 0.6 is 23.2 Å². The van der Waals surface area contributed by atoms with Gasteiger partial charge in [0.1, 0.15) is 26.4 Å². The maximum Gasteiger partial charge on any atom is 0.335 e. The molecule has 0 aromatic heterocycles. The zero-order chi connectivity index (χ0) is 22.7. The molecule has 0 spiro atoms. The summed E-state index contributed by atoms with van der Waals surface area (Å²) in [4.78, 5) is 11.0. The van der Waals surface area contributed by atoms with Crippen LogP contribution in [0.3, 0.4) is 0 Å². The van der Waals surface area contributed by atoms with Crippen LogP contribution in [-0.2, 0) is 10.1 Å². The molecule has 4 N–H and O–H groups in total. The van der Waals surface area contributed by atoms with Gasteiger partial charge in [0.2, 0.25) is 0 Å². The first-order valence-corrected chi connectivity index (χ1v) is 10.8.